The van der Waals surface area contributed by atoms with Crippen LogP contribution in [0.2, 0.25) is 0 Å². The summed E-state index contributed by atoms with van der Waals surface area (Å²) in [4.78, 5) is 14.6. The van der Waals surface area contributed by atoms with E-state index in [0.29, 0.717) is 31.1 Å². The Kier molecular flexibility index (Phi) is 11.1. The molecule has 0 radical (unpaired) electrons. The van der Waals surface area contributed by atoms with Crippen LogP contribution in [0.4, 0.5) is 11.4 Å². The summed E-state index contributed by atoms with van der Waals surface area (Å²) < 4.78 is 12.1. The third-order valence-electron chi connectivity index (χ3n) is 7.57. The van der Waals surface area contributed by atoms with E-state index in [-0.39, 0.29) is 0 Å². The van der Waals surface area contributed by atoms with Gasteiger partial charge in [-0.25, -0.2) is 4.79 Å². The van der Waals surface area contributed by atoms with E-state index in [9.17, 15) is 9.90 Å². The molecular formula is C39H40N2O4. The van der Waals surface area contributed by atoms with Gasteiger partial charge in [-0.2, -0.15) is 0 Å². The van der Waals surface area contributed by atoms with Gasteiger partial charge >= 0.3 is 5.97 Å². The van der Waals surface area contributed by atoms with Crippen molar-refractivity contribution in [3.05, 3.63) is 156 Å². The van der Waals surface area contributed by atoms with Crippen LogP contribution in [0, 0.1) is 6.92 Å². The van der Waals surface area contributed by atoms with Gasteiger partial charge in [0.1, 0.15) is 24.1 Å². The molecule has 6 nitrogen and oxygen atoms in total. The summed E-state index contributed by atoms with van der Waals surface area (Å²) in [6.07, 6.45) is 1.17. The van der Waals surface area contributed by atoms with Gasteiger partial charge in [0.05, 0.1) is 12.3 Å². The van der Waals surface area contributed by atoms with Crippen molar-refractivity contribution in [1.29, 1.82) is 0 Å². The lowest BCUT2D eigenvalue weighted by atomic mass is 10.1. The lowest BCUT2D eigenvalue weighted by molar-refractivity contribution is -0.137. The third-order valence-corrected chi connectivity index (χ3v) is 7.57. The van der Waals surface area contributed by atoms with E-state index in [0.717, 1.165) is 36.4 Å². The minimum absolute atomic E-state index is 0.313. The van der Waals surface area contributed by atoms with Gasteiger partial charge in [0.25, 0.3) is 0 Å². The molecule has 5 aromatic rings. The quantitative estimate of drug-likeness (QED) is 0.111. The van der Waals surface area contributed by atoms with E-state index in [4.69, 9.17) is 9.47 Å². The molecule has 0 spiro atoms. The maximum Gasteiger partial charge on any atom is 0.326 e. The SMILES string of the molecule is Cc1ccc(N(CCCOc2ccc(CC(Nc3ccccc3OCc3ccccc3)C(=O)O)cc2)Cc2ccccc2)cc1. The molecule has 0 aliphatic carbocycles. The summed E-state index contributed by atoms with van der Waals surface area (Å²) >= 11 is 0. The van der Waals surface area contributed by atoms with Crippen molar-refractivity contribution in [1.82, 2.24) is 0 Å². The smallest absolute Gasteiger partial charge is 0.326 e. The first-order valence-electron chi connectivity index (χ1n) is 15.4. The van der Waals surface area contributed by atoms with Crippen molar-refractivity contribution in [2.24, 2.45) is 0 Å². The predicted octanol–water partition coefficient (Wildman–Crippen LogP) is 8.16. The number of hydrogen-bond acceptors (Lipinski definition) is 5. The Morgan fingerprint density at radius 2 is 1.38 bits per heavy atom. The molecule has 0 aliphatic rings. The van der Waals surface area contributed by atoms with E-state index < -0.39 is 12.0 Å². The first kappa shape index (κ1) is 31.2. The van der Waals surface area contributed by atoms with Crippen molar-refractivity contribution < 1.29 is 19.4 Å². The van der Waals surface area contributed by atoms with Crippen LogP contribution < -0.4 is 19.7 Å². The molecule has 0 saturated heterocycles. The third kappa shape index (κ3) is 9.63. The molecule has 0 amide bonds. The second kappa shape index (κ2) is 16.0. The largest absolute Gasteiger partial charge is 0.494 e. The summed E-state index contributed by atoms with van der Waals surface area (Å²) in [7, 11) is 0. The molecule has 0 bridgehead atoms. The van der Waals surface area contributed by atoms with Crippen LogP contribution in [0.5, 0.6) is 11.5 Å². The number of carbonyl (C=O) groups is 1. The van der Waals surface area contributed by atoms with E-state index in [2.05, 4.69) is 65.7 Å². The van der Waals surface area contributed by atoms with E-state index >= 15 is 0 Å². The van der Waals surface area contributed by atoms with Crippen molar-refractivity contribution >= 4 is 17.3 Å². The average molecular weight is 601 g/mol. The minimum atomic E-state index is -0.929. The zero-order valence-corrected chi connectivity index (χ0v) is 25.6. The molecule has 0 aliphatic heterocycles. The number of nitrogens with one attached hydrogen (secondary N) is 1. The maximum atomic E-state index is 12.2. The number of aliphatic carboxylic acids is 1. The van der Waals surface area contributed by atoms with Gasteiger partial charge in [-0.05, 0) is 66.4 Å². The van der Waals surface area contributed by atoms with Crippen LogP contribution in [-0.2, 0) is 24.4 Å². The Balaban J connectivity index is 1.13. The second-order valence-corrected chi connectivity index (χ2v) is 11.1. The lowest BCUT2D eigenvalue weighted by Crippen LogP contribution is -2.31. The lowest BCUT2D eigenvalue weighted by Gasteiger charge is -2.25. The average Bonchev–Trinajstić information content (AvgIpc) is 3.07. The topological polar surface area (TPSA) is 71.0 Å². The van der Waals surface area contributed by atoms with E-state index in [1.807, 2.05) is 84.9 Å². The fourth-order valence-corrected chi connectivity index (χ4v) is 5.10. The molecule has 0 fully saturated rings. The molecule has 0 aromatic heterocycles. The minimum Gasteiger partial charge on any atom is -0.494 e. The fraction of sp³-hybridized carbons (Fsp3) is 0.205. The predicted molar refractivity (Wildman–Crippen MR) is 181 cm³/mol. The number of aryl methyl sites for hydroxylation is 1. The highest BCUT2D eigenvalue weighted by atomic mass is 16.5. The molecular weight excluding hydrogens is 560 g/mol. The number of ether oxygens (including phenoxy) is 2. The highest BCUT2D eigenvalue weighted by Gasteiger charge is 2.20. The van der Waals surface area contributed by atoms with Crippen molar-refractivity contribution in [3.8, 4) is 11.5 Å². The monoisotopic (exact) mass is 600 g/mol. The van der Waals surface area contributed by atoms with Crippen molar-refractivity contribution in [2.45, 2.75) is 39.0 Å². The molecule has 6 heteroatoms. The summed E-state index contributed by atoms with van der Waals surface area (Å²) in [5, 5.41) is 13.2. The molecule has 1 atom stereocenters. The number of carboxylic acid groups (broad SMARTS) is 1. The van der Waals surface area contributed by atoms with Gasteiger partial charge in [-0.3, -0.25) is 0 Å². The van der Waals surface area contributed by atoms with Crippen molar-refractivity contribution in [3.63, 3.8) is 0 Å². The van der Waals surface area contributed by atoms with Gasteiger partial charge < -0.3 is 24.8 Å². The Morgan fingerprint density at radius 1 is 0.733 bits per heavy atom. The molecule has 2 N–H and O–H groups in total. The molecule has 5 aromatic carbocycles. The summed E-state index contributed by atoms with van der Waals surface area (Å²) in [6.45, 7) is 4.77. The molecule has 0 heterocycles. The fourth-order valence-electron chi connectivity index (χ4n) is 5.10. The van der Waals surface area contributed by atoms with E-state index in [1.54, 1.807) is 0 Å². The molecule has 0 saturated carbocycles. The first-order chi connectivity index (χ1) is 22.0. The Labute approximate surface area is 265 Å². The highest BCUT2D eigenvalue weighted by Crippen LogP contribution is 2.27. The molecule has 230 valence electrons. The number of nitrogens with zero attached hydrogens (tertiary/aromatic N) is 1. The normalized spacial score (nSPS) is 11.4. The van der Waals surface area contributed by atoms with Gasteiger partial charge in [0.15, 0.2) is 0 Å². The number of hydrogen-bond donors (Lipinski definition) is 2. The van der Waals surface area contributed by atoms with E-state index in [1.165, 1.54) is 16.8 Å². The van der Waals surface area contributed by atoms with Crippen LogP contribution in [0.1, 0.15) is 28.7 Å². The summed E-state index contributed by atoms with van der Waals surface area (Å²) in [6, 6.07) is 43.3. The highest BCUT2D eigenvalue weighted by molar-refractivity contribution is 5.78. The van der Waals surface area contributed by atoms with Crippen LogP contribution in [0.15, 0.2) is 133 Å². The van der Waals surface area contributed by atoms with Gasteiger partial charge in [0, 0.05) is 25.2 Å². The molecule has 1 unspecified atom stereocenters. The van der Waals surface area contributed by atoms with Crippen molar-refractivity contribution in [2.75, 3.05) is 23.4 Å². The number of benzene rings is 5. The van der Waals surface area contributed by atoms with Crippen LogP contribution in [-0.4, -0.2) is 30.3 Å². The summed E-state index contributed by atoms with van der Waals surface area (Å²) in [5.41, 5.74) is 6.30. The number of rotatable bonds is 16. The Hall–Kier alpha value is -5.23. The van der Waals surface area contributed by atoms with Gasteiger partial charge in [-0.1, -0.05) is 103 Å². The number of anilines is 2. The first-order valence-corrected chi connectivity index (χ1v) is 15.4. The Bertz CT molecular complexity index is 1610. The number of para-hydroxylation sites is 2. The summed E-state index contributed by atoms with van der Waals surface area (Å²) in [5.74, 6) is 0.450. The van der Waals surface area contributed by atoms with Crippen LogP contribution in [0.25, 0.3) is 0 Å². The maximum absolute atomic E-state index is 12.2. The van der Waals surface area contributed by atoms with Crippen LogP contribution in [0.3, 0.4) is 0 Å². The second-order valence-electron chi connectivity index (χ2n) is 11.1. The van der Waals surface area contributed by atoms with Gasteiger partial charge in [0.2, 0.25) is 0 Å². The van der Waals surface area contributed by atoms with Gasteiger partial charge in [-0.15, -0.1) is 0 Å². The molecule has 45 heavy (non-hydrogen) atoms. The van der Waals surface area contributed by atoms with Crippen LogP contribution >= 0.6 is 0 Å². The molecule has 5 rings (SSSR count). The number of carboxylic acids is 1. The Morgan fingerprint density at radius 3 is 2.07 bits per heavy atom. The zero-order valence-electron chi connectivity index (χ0n) is 25.6. The zero-order chi connectivity index (χ0) is 31.3. The standard InChI is InChI=1S/C39H40N2O4/c1-30-17-21-34(22-18-30)41(28-32-11-4-2-5-12-32)25-10-26-44-35-23-19-31(20-24-35)27-37(39(42)43)40-36-15-8-9-16-38(36)45-29-33-13-6-3-7-14-33/h2-9,11-24,37,40H,10,25-29H2,1H3,(H,42,43).